The van der Waals surface area contributed by atoms with Gasteiger partial charge in [-0.2, -0.15) is 0 Å². The first kappa shape index (κ1) is 14.0. The van der Waals surface area contributed by atoms with E-state index in [1.54, 1.807) is 0 Å². The van der Waals surface area contributed by atoms with Crippen molar-refractivity contribution in [1.29, 1.82) is 0 Å². The molecule has 0 fully saturated rings. The van der Waals surface area contributed by atoms with E-state index in [9.17, 15) is 4.79 Å². The Hall–Kier alpha value is -1.37. The lowest BCUT2D eigenvalue weighted by Crippen LogP contribution is -2.18. The number of unbranched alkanes of at least 4 members (excludes halogenated alkanes) is 3. The van der Waals surface area contributed by atoms with E-state index < -0.39 is 0 Å². The SMILES string of the molecule is C=CCCCCCC(=O)C1CCCc2ccccc21. The molecule has 1 aliphatic carbocycles. The highest BCUT2D eigenvalue weighted by Gasteiger charge is 2.25. The molecule has 1 heteroatoms. The Morgan fingerprint density at radius 3 is 2.95 bits per heavy atom. The van der Waals surface area contributed by atoms with Crippen molar-refractivity contribution in [3.8, 4) is 0 Å². The van der Waals surface area contributed by atoms with Gasteiger partial charge in [0.15, 0.2) is 0 Å². The Kier molecular flexibility index (Phi) is 5.38. The smallest absolute Gasteiger partial charge is 0.140 e. The maximum atomic E-state index is 12.4. The number of hydrogen-bond acceptors (Lipinski definition) is 1. The number of hydrogen-bond donors (Lipinski definition) is 0. The number of aryl methyl sites for hydroxylation is 1. The molecule has 0 spiro atoms. The van der Waals surface area contributed by atoms with Crippen molar-refractivity contribution < 1.29 is 4.79 Å². The van der Waals surface area contributed by atoms with Crippen LogP contribution in [0.15, 0.2) is 36.9 Å². The molecular formula is C18H24O. The summed E-state index contributed by atoms with van der Waals surface area (Å²) >= 11 is 0. The zero-order valence-electron chi connectivity index (χ0n) is 11.7. The first-order valence-electron chi connectivity index (χ1n) is 7.54. The molecule has 1 aromatic carbocycles. The van der Waals surface area contributed by atoms with Gasteiger partial charge >= 0.3 is 0 Å². The Morgan fingerprint density at radius 2 is 2.11 bits per heavy atom. The average molecular weight is 256 g/mol. The van der Waals surface area contributed by atoms with E-state index in [2.05, 4.69) is 30.8 Å². The molecular weight excluding hydrogens is 232 g/mol. The van der Waals surface area contributed by atoms with Crippen molar-refractivity contribution in [2.45, 2.75) is 57.3 Å². The van der Waals surface area contributed by atoms with Crippen molar-refractivity contribution in [3.63, 3.8) is 0 Å². The fourth-order valence-corrected chi connectivity index (χ4v) is 3.03. The molecule has 0 aliphatic heterocycles. The summed E-state index contributed by atoms with van der Waals surface area (Å²) in [4.78, 5) is 12.4. The minimum Gasteiger partial charge on any atom is -0.299 e. The highest BCUT2D eigenvalue weighted by Crippen LogP contribution is 2.33. The van der Waals surface area contributed by atoms with Crippen molar-refractivity contribution in [2.24, 2.45) is 0 Å². The molecule has 0 radical (unpaired) electrons. The third-order valence-corrected chi connectivity index (χ3v) is 4.09. The van der Waals surface area contributed by atoms with Crippen molar-refractivity contribution in [3.05, 3.63) is 48.0 Å². The minimum atomic E-state index is 0.171. The quantitative estimate of drug-likeness (QED) is 0.505. The second-order valence-corrected chi connectivity index (χ2v) is 5.50. The molecule has 19 heavy (non-hydrogen) atoms. The largest absolute Gasteiger partial charge is 0.299 e. The molecule has 2 rings (SSSR count). The molecule has 1 unspecified atom stereocenters. The van der Waals surface area contributed by atoms with Crippen LogP contribution in [0.5, 0.6) is 0 Å². The Morgan fingerprint density at radius 1 is 1.26 bits per heavy atom. The van der Waals surface area contributed by atoms with Crippen LogP contribution in [0.1, 0.15) is 62.0 Å². The predicted octanol–water partition coefficient (Wildman–Crippen LogP) is 4.81. The van der Waals surface area contributed by atoms with Gasteiger partial charge in [0, 0.05) is 12.3 Å². The third kappa shape index (κ3) is 3.79. The van der Waals surface area contributed by atoms with Crippen LogP contribution in [0, 0.1) is 0 Å². The number of carbonyl (C=O) groups excluding carboxylic acids is 1. The fourth-order valence-electron chi connectivity index (χ4n) is 3.03. The number of carbonyl (C=O) groups is 1. The lowest BCUT2D eigenvalue weighted by Gasteiger charge is -2.24. The van der Waals surface area contributed by atoms with Crippen LogP contribution in [0.3, 0.4) is 0 Å². The Labute approximate surface area is 116 Å². The highest BCUT2D eigenvalue weighted by atomic mass is 16.1. The molecule has 1 atom stereocenters. The molecule has 0 heterocycles. The predicted molar refractivity (Wildman–Crippen MR) is 80.4 cm³/mol. The minimum absolute atomic E-state index is 0.171. The van der Waals surface area contributed by atoms with Crippen LogP contribution >= 0.6 is 0 Å². The van der Waals surface area contributed by atoms with Gasteiger partial charge in [0.1, 0.15) is 5.78 Å². The monoisotopic (exact) mass is 256 g/mol. The summed E-state index contributed by atoms with van der Waals surface area (Å²) in [5.41, 5.74) is 2.68. The molecule has 1 nitrogen and oxygen atoms in total. The average Bonchev–Trinajstić information content (AvgIpc) is 2.46. The van der Waals surface area contributed by atoms with Gasteiger partial charge in [-0.15, -0.1) is 6.58 Å². The summed E-state index contributed by atoms with van der Waals surface area (Å²) in [6.45, 7) is 3.72. The lowest BCUT2D eigenvalue weighted by atomic mass is 9.79. The number of fused-ring (bicyclic) bond motifs is 1. The summed E-state index contributed by atoms with van der Waals surface area (Å²) < 4.78 is 0. The van der Waals surface area contributed by atoms with Gasteiger partial charge in [0.2, 0.25) is 0 Å². The van der Waals surface area contributed by atoms with E-state index >= 15 is 0 Å². The van der Waals surface area contributed by atoms with Gasteiger partial charge < -0.3 is 0 Å². The van der Waals surface area contributed by atoms with Crippen LogP contribution < -0.4 is 0 Å². The zero-order chi connectivity index (χ0) is 13.5. The fraction of sp³-hybridized carbons (Fsp3) is 0.500. The van der Waals surface area contributed by atoms with Crippen LogP contribution in [-0.4, -0.2) is 5.78 Å². The maximum Gasteiger partial charge on any atom is 0.140 e. The molecule has 1 aromatic rings. The van der Waals surface area contributed by atoms with Crippen LogP contribution in [0.2, 0.25) is 0 Å². The van der Waals surface area contributed by atoms with Crippen molar-refractivity contribution in [2.75, 3.05) is 0 Å². The molecule has 0 saturated heterocycles. The van der Waals surface area contributed by atoms with Gasteiger partial charge in [0.05, 0.1) is 0 Å². The number of ketones is 1. The van der Waals surface area contributed by atoms with Crippen molar-refractivity contribution in [1.82, 2.24) is 0 Å². The molecule has 0 bridgehead atoms. The molecule has 0 amide bonds. The molecule has 0 aromatic heterocycles. The maximum absolute atomic E-state index is 12.4. The van der Waals surface area contributed by atoms with Gasteiger partial charge in [-0.05, 0) is 49.7 Å². The third-order valence-electron chi connectivity index (χ3n) is 4.09. The molecule has 0 saturated carbocycles. The first-order chi connectivity index (χ1) is 9.33. The molecule has 102 valence electrons. The number of rotatable bonds is 7. The van der Waals surface area contributed by atoms with Crippen LogP contribution in [-0.2, 0) is 11.2 Å². The molecule has 1 aliphatic rings. The standard InChI is InChI=1S/C18H24O/c1-2-3-4-5-6-14-18(19)17-13-9-11-15-10-7-8-12-16(15)17/h2,7-8,10,12,17H,1,3-6,9,11,13-14H2. The lowest BCUT2D eigenvalue weighted by molar-refractivity contribution is -0.120. The van der Waals surface area contributed by atoms with Gasteiger partial charge in [0.25, 0.3) is 0 Å². The van der Waals surface area contributed by atoms with Crippen LogP contribution in [0.25, 0.3) is 0 Å². The van der Waals surface area contributed by atoms with E-state index in [4.69, 9.17) is 0 Å². The Bertz CT molecular complexity index is 433. The van der Waals surface area contributed by atoms with E-state index in [0.717, 1.165) is 51.4 Å². The highest BCUT2D eigenvalue weighted by molar-refractivity contribution is 5.86. The second kappa shape index (κ2) is 7.28. The van der Waals surface area contributed by atoms with E-state index in [1.807, 2.05) is 6.08 Å². The summed E-state index contributed by atoms with van der Waals surface area (Å²) in [5.74, 6) is 0.620. The summed E-state index contributed by atoms with van der Waals surface area (Å²) in [5, 5.41) is 0. The number of benzene rings is 1. The van der Waals surface area contributed by atoms with Gasteiger partial charge in [-0.3, -0.25) is 4.79 Å². The normalized spacial score (nSPS) is 17.8. The Balaban J connectivity index is 1.88. The van der Waals surface area contributed by atoms with Gasteiger partial charge in [-0.25, -0.2) is 0 Å². The summed E-state index contributed by atoms with van der Waals surface area (Å²) in [6.07, 6.45) is 10.5. The summed E-state index contributed by atoms with van der Waals surface area (Å²) in [6, 6.07) is 8.48. The van der Waals surface area contributed by atoms with E-state index in [1.165, 1.54) is 11.1 Å². The van der Waals surface area contributed by atoms with Crippen molar-refractivity contribution >= 4 is 5.78 Å². The molecule has 0 N–H and O–H groups in total. The number of allylic oxidation sites excluding steroid dienone is 1. The summed E-state index contributed by atoms with van der Waals surface area (Å²) in [7, 11) is 0. The second-order valence-electron chi connectivity index (χ2n) is 5.50. The van der Waals surface area contributed by atoms with Crippen LogP contribution in [0.4, 0.5) is 0 Å². The number of Topliss-reactive ketones (excluding diaryl/α,β-unsaturated/α-hetero) is 1. The van der Waals surface area contributed by atoms with Gasteiger partial charge in [-0.1, -0.05) is 36.8 Å². The van der Waals surface area contributed by atoms with E-state index in [0.29, 0.717) is 5.78 Å². The topological polar surface area (TPSA) is 17.1 Å². The van der Waals surface area contributed by atoms with E-state index in [-0.39, 0.29) is 5.92 Å². The zero-order valence-corrected chi connectivity index (χ0v) is 11.7. The first-order valence-corrected chi connectivity index (χ1v) is 7.54.